The number of carbonyl (C=O) groups excluding carboxylic acids is 2. The molecule has 2 amide bonds. The number of hydrogen-bond donors (Lipinski definition) is 2. The van der Waals surface area contributed by atoms with Crippen molar-refractivity contribution in [3.05, 3.63) is 76.2 Å². The van der Waals surface area contributed by atoms with E-state index in [1.807, 2.05) is 18.2 Å². The molecule has 3 aromatic rings. The van der Waals surface area contributed by atoms with Gasteiger partial charge in [0.2, 0.25) is 5.91 Å². The summed E-state index contributed by atoms with van der Waals surface area (Å²) >= 11 is 5.96. The Bertz CT molecular complexity index is 1120. The summed E-state index contributed by atoms with van der Waals surface area (Å²) in [5, 5.41) is 10.5. The van der Waals surface area contributed by atoms with E-state index in [9.17, 15) is 14.0 Å². The van der Waals surface area contributed by atoms with E-state index in [0.717, 1.165) is 11.1 Å². The molecule has 0 unspecified atom stereocenters. The maximum Gasteiger partial charge on any atom is 0.257 e. The van der Waals surface area contributed by atoms with Gasteiger partial charge in [0.15, 0.2) is 0 Å². The van der Waals surface area contributed by atoms with Gasteiger partial charge in [-0.3, -0.25) is 14.7 Å². The summed E-state index contributed by atoms with van der Waals surface area (Å²) in [6.07, 6.45) is 2.69. The molecule has 0 saturated carbocycles. The third-order valence-corrected chi connectivity index (χ3v) is 6.11. The van der Waals surface area contributed by atoms with Gasteiger partial charge in [-0.1, -0.05) is 35.9 Å². The molecule has 0 bridgehead atoms. The van der Waals surface area contributed by atoms with Crippen molar-refractivity contribution in [2.24, 2.45) is 5.92 Å². The molecule has 2 N–H and O–H groups in total. The second-order valence-electron chi connectivity index (χ2n) is 8.03. The number of nitrogens with zero attached hydrogens (tertiary/aromatic N) is 2. The molecule has 0 spiro atoms. The molecule has 2 heterocycles. The Hall–Kier alpha value is -3.19. The third kappa shape index (κ3) is 4.83. The number of aryl methyl sites for hydroxylation is 1. The first-order valence-corrected chi connectivity index (χ1v) is 10.9. The van der Waals surface area contributed by atoms with Crippen molar-refractivity contribution in [2.75, 3.05) is 13.1 Å². The van der Waals surface area contributed by atoms with E-state index >= 15 is 0 Å². The number of piperidine rings is 1. The van der Waals surface area contributed by atoms with Crippen molar-refractivity contribution in [1.29, 1.82) is 0 Å². The molecule has 0 radical (unpaired) electrons. The predicted molar refractivity (Wildman–Crippen MR) is 121 cm³/mol. The number of likely N-dealkylation sites (tertiary alicyclic amines) is 1. The summed E-state index contributed by atoms with van der Waals surface area (Å²) in [5.74, 6) is -0.629. The Kier molecular flexibility index (Phi) is 6.55. The van der Waals surface area contributed by atoms with Crippen LogP contribution < -0.4 is 5.32 Å². The monoisotopic (exact) mass is 454 g/mol. The van der Waals surface area contributed by atoms with Crippen molar-refractivity contribution < 1.29 is 14.0 Å². The van der Waals surface area contributed by atoms with Gasteiger partial charge >= 0.3 is 0 Å². The minimum Gasteiger partial charge on any atom is -0.352 e. The molecule has 0 atom stereocenters. The lowest BCUT2D eigenvalue weighted by molar-refractivity contribution is -0.126. The summed E-state index contributed by atoms with van der Waals surface area (Å²) < 4.78 is 13.7. The molecule has 8 heteroatoms. The van der Waals surface area contributed by atoms with Gasteiger partial charge in [-0.2, -0.15) is 5.10 Å². The zero-order chi connectivity index (χ0) is 22.7. The molecule has 1 aliphatic rings. The highest BCUT2D eigenvalue weighted by Gasteiger charge is 2.29. The lowest BCUT2D eigenvalue weighted by Crippen LogP contribution is -2.43. The molecule has 2 aromatic carbocycles. The molecule has 6 nitrogen and oxygen atoms in total. The smallest absolute Gasteiger partial charge is 0.257 e. The molecule has 1 aromatic heterocycles. The maximum atomic E-state index is 13.7. The summed E-state index contributed by atoms with van der Waals surface area (Å²) in [4.78, 5) is 27.4. The van der Waals surface area contributed by atoms with Gasteiger partial charge in [0.05, 0.1) is 17.5 Å². The normalized spacial score (nSPS) is 14.4. The van der Waals surface area contributed by atoms with Crippen LogP contribution in [0.1, 0.15) is 34.3 Å². The summed E-state index contributed by atoms with van der Waals surface area (Å²) in [6.45, 7) is 2.96. The highest BCUT2D eigenvalue weighted by atomic mass is 35.5. The summed E-state index contributed by atoms with van der Waals surface area (Å²) in [6, 6.07) is 12.2. The number of aromatic nitrogens is 2. The highest BCUT2D eigenvalue weighted by Crippen LogP contribution is 2.26. The topological polar surface area (TPSA) is 78.1 Å². The first-order valence-electron chi connectivity index (χ1n) is 10.5. The van der Waals surface area contributed by atoms with E-state index in [1.165, 1.54) is 12.3 Å². The van der Waals surface area contributed by atoms with Gasteiger partial charge in [-0.15, -0.1) is 0 Å². The SMILES string of the molecule is Cc1ccc(CNC(=O)C2CCN(C(=O)c3cn[nH]c3-c3ccc(Cl)cc3)CC2)cc1F. The summed E-state index contributed by atoms with van der Waals surface area (Å²) in [7, 11) is 0. The van der Waals surface area contributed by atoms with Crippen molar-refractivity contribution >= 4 is 23.4 Å². The Morgan fingerprint density at radius 1 is 1.19 bits per heavy atom. The maximum absolute atomic E-state index is 13.7. The standard InChI is InChI=1S/C24H24ClFN4O2/c1-15-2-3-16(12-21(15)26)13-27-23(31)18-8-10-30(11-9-18)24(32)20-14-28-29-22(20)17-4-6-19(25)7-5-17/h2-7,12,14,18H,8-11,13H2,1H3,(H,27,31)(H,28,29). The fourth-order valence-electron chi connectivity index (χ4n) is 3.88. The number of H-pyrrole nitrogens is 1. The number of aromatic amines is 1. The van der Waals surface area contributed by atoms with E-state index in [4.69, 9.17) is 11.6 Å². The summed E-state index contributed by atoms with van der Waals surface area (Å²) in [5.41, 5.74) is 3.28. The second kappa shape index (κ2) is 9.53. The zero-order valence-electron chi connectivity index (χ0n) is 17.7. The number of rotatable bonds is 5. The van der Waals surface area contributed by atoms with Gasteiger partial charge in [0, 0.05) is 36.1 Å². The average molecular weight is 455 g/mol. The van der Waals surface area contributed by atoms with E-state index < -0.39 is 0 Å². The van der Waals surface area contributed by atoms with Crippen molar-refractivity contribution in [3.8, 4) is 11.3 Å². The first-order chi connectivity index (χ1) is 15.4. The lowest BCUT2D eigenvalue weighted by Gasteiger charge is -2.31. The number of amides is 2. The molecule has 166 valence electrons. The van der Waals surface area contributed by atoms with E-state index in [-0.39, 0.29) is 30.1 Å². The quantitative estimate of drug-likeness (QED) is 0.601. The molecule has 32 heavy (non-hydrogen) atoms. The Morgan fingerprint density at radius 2 is 1.91 bits per heavy atom. The minimum atomic E-state index is -0.277. The van der Waals surface area contributed by atoms with Crippen molar-refractivity contribution in [2.45, 2.75) is 26.3 Å². The fraction of sp³-hybridized carbons (Fsp3) is 0.292. The van der Waals surface area contributed by atoms with Crippen LogP contribution in [0.5, 0.6) is 0 Å². The molecular weight excluding hydrogens is 431 g/mol. The van der Waals surface area contributed by atoms with Gasteiger partial charge in [0.1, 0.15) is 5.82 Å². The van der Waals surface area contributed by atoms with Gasteiger partial charge in [-0.25, -0.2) is 4.39 Å². The van der Waals surface area contributed by atoms with Crippen LogP contribution in [-0.2, 0) is 11.3 Å². The van der Waals surface area contributed by atoms with Crippen LogP contribution in [-0.4, -0.2) is 40.0 Å². The van der Waals surface area contributed by atoms with Gasteiger partial charge < -0.3 is 10.2 Å². The van der Waals surface area contributed by atoms with Crippen molar-refractivity contribution in [3.63, 3.8) is 0 Å². The van der Waals surface area contributed by atoms with Crippen LogP contribution in [0.15, 0.2) is 48.7 Å². The minimum absolute atomic E-state index is 0.0664. The van der Waals surface area contributed by atoms with E-state index in [2.05, 4.69) is 15.5 Å². The molecule has 0 aliphatic carbocycles. The van der Waals surface area contributed by atoms with Crippen LogP contribution in [0.2, 0.25) is 5.02 Å². The number of nitrogens with one attached hydrogen (secondary N) is 2. The molecule has 1 aliphatic heterocycles. The largest absolute Gasteiger partial charge is 0.352 e. The van der Waals surface area contributed by atoms with E-state index in [0.29, 0.717) is 47.8 Å². The number of hydrogen-bond acceptors (Lipinski definition) is 3. The van der Waals surface area contributed by atoms with Crippen LogP contribution >= 0.6 is 11.6 Å². The van der Waals surface area contributed by atoms with Crippen LogP contribution in [0, 0.1) is 18.7 Å². The van der Waals surface area contributed by atoms with Crippen molar-refractivity contribution in [1.82, 2.24) is 20.4 Å². The number of halogens is 2. The third-order valence-electron chi connectivity index (χ3n) is 5.86. The molecule has 4 rings (SSSR count). The Labute approximate surface area is 190 Å². The number of carbonyl (C=O) groups is 2. The molecular formula is C24H24ClFN4O2. The van der Waals surface area contributed by atoms with Crippen LogP contribution in [0.3, 0.4) is 0 Å². The lowest BCUT2D eigenvalue weighted by atomic mass is 9.95. The molecule has 1 fully saturated rings. The fourth-order valence-corrected chi connectivity index (χ4v) is 4.01. The van der Waals surface area contributed by atoms with Crippen LogP contribution in [0.4, 0.5) is 4.39 Å². The average Bonchev–Trinajstić information content (AvgIpc) is 3.29. The van der Waals surface area contributed by atoms with E-state index in [1.54, 1.807) is 30.0 Å². The number of benzene rings is 2. The van der Waals surface area contributed by atoms with Crippen LogP contribution in [0.25, 0.3) is 11.3 Å². The first kappa shape index (κ1) is 22.0. The van der Waals surface area contributed by atoms with Gasteiger partial charge in [0.25, 0.3) is 5.91 Å². The molecule has 1 saturated heterocycles. The second-order valence-corrected chi connectivity index (χ2v) is 8.47. The highest BCUT2D eigenvalue weighted by molar-refractivity contribution is 6.30. The predicted octanol–water partition coefficient (Wildman–Crippen LogP) is 4.35. The zero-order valence-corrected chi connectivity index (χ0v) is 18.5. The Balaban J connectivity index is 1.33. The Morgan fingerprint density at radius 3 is 2.59 bits per heavy atom. The van der Waals surface area contributed by atoms with Gasteiger partial charge in [-0.05, 0) is 49.1 Å².